The van der Waals surface area contributed by atoms with E-state index in [-0.39, 0.29) is 17.2 Å². The molecule has 0 aliphatic carbocycles. The molecule has 0 aliphatic heterocycles. The molecule has 36 heavy (non-hydrogen) atoms. The van der Waals surface area contributed by atoms with Gasteiger partial charge in [0, 0.05) is 42.4 Å². The Bertz CT molecular complexity index is 1390. The van der Waals surface area contributed by atoms with Crippen molar-refractivity contribution in [2.75, 3.05) is 32.2 Å². The number of hydrogen-bond acceptors (Lipinski definition) is 6. The summed E-state index contributed by atoms with van der Waals surface area (Å²) in [6, 6.07) is 8.23. The lowest BCUT2D eigenvalue weighted by molar-refractivity contribution is 0.0921. The van der Waals surface area contributed by atoms with Gasteiger partial charge in [0.2, 0.25) is 5.82 Å². The van der Waals surface area contributed by atoms with Crippen LogP contribution >= 0.6 is 0 Å². The highest BCUT2D eigenvalue weighted by Crippen LogP contribution is 2.31. The van der Waals surface area contributed by atoms with E-state index in [9.17, 15) is 13.6 Å². The molecule has 0 bridgehead atoms. The first kappa shape index (κ1) is 25.1. The van der Waals surface area contributed by atoms with Gasteiger partial charge in [0.15, 0.2) is 23.0 Å². The Kier molecular flexibility index (Phi) is 7.74. The number of aromatic nitrogens is 3. The van der Waals surface area contributed by atoms with Crippen molar-refractivity contribution in [1.82, 2.24) is 19.7 Å². The maximum atomic E-state index is 14.7. The van der Waals surface area contributed by atoms with Crippen LogP contribution < -0.4 is 15.4 Å². The molecule has 2 N–H and O–H groups in total. The zero-order chi connectivity index (χ0) is 25.7. The number of anilines is 2. The Balaban J connectivity index is 1.61. The molecule has 1 amide bonds. The summed E-state index contributed by atoms with van der Waals surface area (Å²) in [4.78, 5) is 21.3. The number of rotatable bonds is 10. The predicted molar refractivity (Wildman–Crippen MR) is 133 cm³/mol. The van der Waals surface area contributed by atoms with E-state index in [1.807, 2.05) is 19.9 Å². The number of fused-ring (bicyclic) bond motifs is 1. The average Bonchev–Trinajstić information content (AvgIpc) is 3.33. The van der Waals surface area contributed by atoms with Crippen LogP contribution in [0.2, 0.25) is 0 Å². The molecule has 2 aromatic heterocycles. The number of carbonyl (C=O) groups is 1. The number of nitrogens with one attached hydrogen (secondary N) is 2. The van der Waals surface area contributed by atoms with Gasteiger partial charge in [0.25, 0.3) is 5.91 Å². The van der Waals surface area contributed by atoms with Crippen molar-refractivity contribution in [2.45, 2.75) is 20.3 Å². The summed E-state index contributed by atoms with van der Waals surface area (Å²) in [5, 5.41) is 6.08. The van der Waals surface area contributed by atoms with Gasteiger partial charge >= 0.3 is 0 Å². The topological polar surface area (TPSA) is 89.8 Å². The molecule has 0 saturated carbocycles. The fourth-order valence-electron chi connectivity index (χ4n) is 3.89. The van der Waals surface area contributed by atoms with Crippen LogP contribution in [0.15, 0.2) is 48.9 Å². The van der Waals surface area contributed by atoms with Gasteiger partial charge in [-0.1, -0.05) is 6.92 Å². The van der Waals surface area contributed by atoms with Crippen LogP contribution in [0.25, 0.3) is 16.9 Å². The van der Waals surface area contributed by atoms with E-state index in [1.165, 1.54) is 25.4 Å². The third kappa shape index (κ3) is 4.99. The van der Waals surface area contributed by atoms with Crippen molar-refractivity contribution in [3.8, 4) is 17.0 Å². The molecular weight excluding hydrogens is 468 g/mol. The molecule has 0 saturated heterocycles. The van der Waals surface area contributed by atoms with Crippen molar-refractivity contribution in [3.63, 3.8) is 0 Å². The largest absolute Gasteiger partial charge is 0.494 e. The van der Waals surface area contributed by atoms with E-state index in [2.05, 4.69) is 20.6 Å². The highest BCUT2D eigenvalue weighted by molar-refractivity contribution is 5.96. The molecule has 4 rings (SSSR count). The lowest BCUT2D eigenvalue weighted by atomic mass is 10.0. The van der Waals surface area contributed by atoms with E-state index in [1.54, 1.807) is 28.9 Å². The first-order valence-corrected chi connectivity index (χ1v) is 11.6. The second-order valence-corrected chi connectivity index (χ2v) is 7.86. The Morgan fingerprint density at radius 2 is 1.94 bits per heavy atom. The van der Waals surface area contributed by atoms with Crippen LogP contribution in [0.5, 0.6) is 5.75 Å². The molecule has 2 aromatic carbocycles. The molecule has 0 aliphatic rings. The third-order valence-corrected chi connectivity index (χ3v) is 5.70. The number of hydrogen-bond donors (Lipinski definition) is 2. The van der Waals surface area contributed by atoms with E-state index in [4.69, 9.17) is 9.47 Å². The van der Waals surface area contributed by atoms with Crippen LogP contribution in [0.4, 0.5) is 20.3 Å². The Morgan fingerprint density at radius 3 is 2.69 bits per heavy atom. The van der Waals surface area contributed by atoms with Crippen LogP contribution in [-0.2, 0) is 11.2 Å². The molecule has 0 atom stereocenters. The Morgan fingerprint density at radius 1 is 1.11 bits per heavy atom. The second kappa shape index (κ2) is 11.1. The van der Waals surface area contributed by atoms with Gasteiger partial charge in [-0.25, -0.2) is 14.4 Å². The number of amides is 1. The Hall–Kier alpha value is -4.05. The standard InChI is InChI=1S/C26H27F2N5O3/c1-4-16-14-17(6-7-18(16)26(34)30-11-13-36-5-2)32-24-25-31-15-20(33(25)12-10-29-24)19-8-9-21(35-3)23(28)22(19)27/h6-10,12,14-15H,4-5,11,13H2,1-3H3,(H,29,32)(H,30,34). The summed E-state index contributed by atoms with van der Waals surface area (Å²) in [6.07, 6.45) is 5.27. The van der Waals surface area contributed by atoms with E-state index in [0.29, 0.717) is 54.6 Å². The molecule has 0 spiro atoms. The number of aryl methyl sites for hydroxylation is 1. The van der Waals surface area contributed by atoms with E-state index >= 15 is 0 Å². The van der Waals surface area contributed by atoms with Crippen molar-refractivity contribution in [3.05, 3.63) is 71.7 Å². The van der Waals surface area contributed by atoms with Crippen LogP contribution in [-0.4, -0.2) is 47.1 Å². The maximum absolute atomic E-state index is 14.7. The van der Waals surface area contributed by atoms with Crippen LogP contribution in [0.3, 0.4) is 0 Å². The summed E-state index contributed by atoms with van der Waals surface area (Å²) in [5.41, 5.74) is 3.00. The number of imidazole rings is 1. The van der Waals surface area contributed by atoms with Gasteiger partial charge in [0.05, 0.1) is 25.6 Å². The number of halogens is 2. The van der Waals surface area contributed by atoms with Gasteiger partial charge in [0.1, 0.15) is 0 Å². The number of carbonyl (C=O) groups excluding carboxylic acids is 1. The second-order valence-electron chi connectivity index (χ2n) is 7.86. The van der Waals surface area contributed by atoms with Crippen molar-refractivity contribution >= 4 is 23.1 Å². The van der Waals surface area contributed by atoms with Crippen LogP contribution in [0.1, 0.15) is 29.8 Å². The molecule has 4 aromatic rings. The minimum Gasteiger partial charge on any atom is -0.494 e. The molecule has 0 fully saturated rings. The molecule has 8 nitrogen and oxygen atoms in total. The molecule has 0 radical (unpaired) electrons. The number of methoxy groups -OCH3 is 1. The monoisotopic (exact) mass is 495 g/mol. The van der Waals surface area contributed by atoms with Crippen molar-refractivity contribution < 1.29 is 23.0 Å². The van der Waals surface area contributed by atoms with Gasteiger partial charge in [-0.2, -0.15) is 4.39 Å². The highest BCUT2D eigenvalue weighted by atomic mass is 19.2. The lowest BCUT2D eigenvalue weighted by Gasteiger charge is -2.13. The van der Waals surface area contributed by atoms with Gasteiger partial charge < -0.3 is 20.1 Å². The average molecular weight is 496 g/mol. The Labute approximate surface area is 207 Å². The fraction of sp³-hybridized carbons (Fsp3) is 0.269. The zero-order valence-corrected chi connectivity index (χ0v) is 20.3. The lowest BCUT2D eigenvalue weighted by Crippen LogP contribution is -2.28. The summed E-state index contributed by atoms with van der Waals surface area (Å²) < 4.78 is 40.8. The number of ether oxygens (including phenoxy) is 2. The zero-order valence-electron chi connectivity index (χ0n) is 20.3. The minimum atomic E-state index is -1.06. The third-order valence-electron chi connectivity index (χ3n) is 5.70. The molecule has 188 valence electrons. The normalized spacial score (nSPS) is 11.0. The fourth-order valence-corrected chi connectivity index (χ4v) is 3.89. The van der Waals surface area contributed by atoms with E-state index < -0.39 is 11.6 Å². The summed E-state index contributed by atoms with van der Waals surface area (Å²) in [6.45, 7) is 5.36. The predicted octanol–water partition coefficient (Wildman–Crippen LogP) is 4.76. The molecule has 2 heterocycles. The van der Waals surface area contributed by atoms with Crippen LogP contribution in [0, 0.1) is 11.6 Å². The quantitative estimate of drug-likeness (QED) is 0.309. The first-order chi connectivity index (χ1) is 17.5. The summed E-state index contributed by atoms with van der Waals surface area (Å²) >= 11 is 0. The van der Waals surface area contributed by atoms with Crippen molar-refractivity contribution in [1.29, 1.82) is 0 Å². The van der Waals surface area contributed by atoms with Crippen molar-refractivity contribution in [2.24, 2.45) is 0 Å². The van der Waals surface area contributed by atoms with Gasteiger partial charge in [-0.3, -0.25) is 9.20 Å². The highest BCUT2D eigenvalue weighted by Gasteiger charge is 2.19. The summed E-state index contributed by atoms with van der Waals surface area (Å²) in [7, 11) is 1.28. The minimum absolute atomic E-state index is 0.0471. The van der Waals surface area contributed by atoms with E-state index in [0.717, 1.165) is 5.56 Å². The number of nitrogens with zero attached hydrogens (tertiary/aromatic N) is 3. The van der Waals surface area contributed by atoms with Gasteiger partial charge in [-0.15, -0.1) is 0 Å². The molecular formula is C26H27F2N5O3. The number of benzene rings is 2. The molecule has 10 heteroatoms. The maximum Gasteiger partial charge on any atom is 0.251 e. The first-order valence-electron chi connectivity index (χ1n) is 11.6. The molecule has 0 unspecified atom stereocenters. The SMILES string of the molecule is CCOCCNC(=O)c1ccc(Nc2nccn3c(-c4ccc(OC)c(F)c4F)cnc23)cc1CC. The summed E-state index contributed by atoms with van der Waals surface area (Å²) in [5.74, 6) is -2.00. The van der Waals surface area contributed by atoms with Gasteiger partial charge in [-0.05, 0) is 49.2 Å². The smallest absolute Gasteiger partial charge is 0.251 e.